The van der Waals surface area contributed by atoms with E-state index in [2.05, 4.69) is 23.5 Å². The number of aromatic nitrogens is 1. The molecule has 0 bridgehead atoms. The van der Waals surface area contributed by atoms with Crippen LogP contribution >= 0.6 is 0 Å². The van der Waals surface area contributed by atoms with Gasteiger partial charge in [-0.15, -0.1) is 13.2 Å². The number of pyridine rings is 1. The quantitative estimate of drug-likeness (QED) is 0.716. The third-order valence-electron chi connectivity index (χ3n) is 3.41. The van der Waals surface area contributed by atoms with Gasteiger partial charge >= 0.3 is 0 Å². The minimum Gasteiger partial charge on any atom is -0.362 e. The zero-order valence-corrected chi connectivity index (χ0v) is 13.2. The largest absolute Gasteiger partial charge is 0.362 e. The molecule has 0 radical (unpaired) electrons. The normalized spacial score (nSPS) is 10.3. The summed E-state index contributed by atoms with van der Waals surface area (Å²) in [7, 11) is 0. The molecule has 0 spiro atoms. The van der Waals surface area contributed by atoms with Gasteiger partial charge in [-0.2, -0.15) is 0 Å². The van der Waals surface area contributed by atoms with Gasteiger partial charge in [0.05, 0.1) is 11.4 Å². The predicted octanol–water partition coefficient (Wildman–Crippen LogP) is 3.69. The van der Waals surface area contributed by atoms with E-state index in [1.807, 2.05) is 29.2 Å². The van der Waals surface area contributed by atoms with Crippen molar-refractivity contribution in [2.45, 2.75) is 13.1 Å². The molecule has 2 rings (SSSR count). The van der Waals surface area contributed by atoms with Crippen LogP contribution in [0.3, 0.4) is 0 Å². The number of rotatable bonds is 9. The molecule has 0 aliphatic rings. The first-order chi connectivity index (χ1) is 11.2. The highest BCUT2D eigenvalue weighted by molar-refractivity contribution is 5.51. The molecule has 0 aliphatic carbocycles. The summed E-state index contributed by atoms with van der Waals surface area (Å²) in [6.07, 6.45) is 5.29. The molecule has 0 saturated carbocycles. The minimum atomic E-state index is -0.234. The first kappa shape index (κ1) is 16.9. The van der Waals surface area contributed by atoms with E-state index in [0.717, 1.165) is 11.3 Å². The van der Waals surface area contributed by atoms with E-state index >= 15 is 0 Å². The van der Waals surface area contributed by atoms with E-state index in [1.54, 1.807) is 24.4 Å². The molecule has 1 aromatic carbocycles. The summed E-state index contributed by atoms with van der Waals surface area (Å²) in [5.41, 5.74) is 2.58. The second kappa shape index (κ2) is 8.86. The van der Waals surface area contributed by atoms with Crippen molar-refractivity contribution in [2.75, 3.05) is 18.0 Å². The summed E-state index contributed by atoms with van der Waals surface area (Å²) in [5.74, 6) is -0.234. The number of benzene rings is 1. The van der Waals surface area contributed by atoms with E-state index < -0.39 is 0 Å². The first-order valence-electron chi connectivity index (χ1n) is 7.60. The lowest BCUT2D eigenvalue weighted by atomic mass is 10.1. The molecule has 120 valence electrons. The molecule has 0 atom stereocenters. The van der Waals surface area contributed by atoms with Crippen molar-refractivity contribution in [2.24, 2.45) is 0 Å². The van der Waals surface area contributed by atoms with Crippen LogP contribution in [0.4, 0.5) is 10.1 Å². The maximum Gasteiger partial charge on any atom is 0.146 e. The second-order valence-electron chi connectivity index (χ2n) is 5.19. The zero-order chi connectivity index (χ0) is 16.5. The van der Waals surface area contributed by atoms with Gasteiger partial charge < -0.3 is 10.2 Å². The fraction of sp³-hybridized carbons (Fsp3) is 0.211. The topological polar surface area (TPSA) is 28.2 Å². The molecule has 0 fully saturated rings. The molecule has 1 heterocycles. The highest BCUT2D eigenvalue weighted by atomic mass is 19.1. The average Bonchev–Trinajstić information content (AvgIpc) is 2.57. The van der Waals surface area contributed by atoms with E-state index in [9.17, 15) is 4.39 Å². The molecular formula is C19H22FN3. The SMILES string of the molecule is C=CCN(CC=C)c1cc(CNCc2ccccn2)ccc1F. The lowest BCUT2D eigenvalue weighted by Crippen LogP contribution is -2.24. The van der Waals surface area contributed by atoms with Crippen LogP contribution in [0.15, 0.2) is 67.9 Å². The Balaban J connectivity index is 2.03. The van der Waals surface area contributed by atoms with Crippen LogP contribution in [-0.2, 0) is 13.1 Å². The Labute approximate surface area is 137 Å². The van der Waals surface area contributed by atoms with Gasteiger partial charge in [0.15, 0.2) is 0 Å². The van der Waals surface area contributed by atoms with Gasteiger partial charge in [0.25, 0.3) is 0 Å². The monoisotopic (exact) mass is 311 g/mol. The summed E-state index contributed by atoms with van der Waals surface area (Å²) in [5, 5.41) is 3.32. The fourth-order valence-electron chi connectivity index (χ4n) is 2.33. The number of nitrogens with zero attached hydrogens (tertiary/aromatic N) is 2. The summed E-state index contributed by atoms with van der Waals surface area (Å²) < 4.78 is 14.1. The lowest BCUT2D eigenvalue weighted by molar-refractivity contribution is 0.619. The Morgan fingerprint density at radius 3 is 2.52 bits per heavy atom. The molecular weight excluding hydrogens is 289 g/mol. The van der Waals surface area contributed by atoms with Crippen molar-refractivity contribution in [1.29, 1.82) is 0 Å². The molecule has 4 heteroatoms. The maximum absolute atomic E-state index is 14.1. The van der Waals surface area contributed by atoms with Gasteiger partial charge in [-0.05, 0) is 29.8 Å². The summed E-state index contributed by atoms with van der Waals surface area (Å²) in [6.45, 7) is 9.94. The smallest absolute Gasteiger partial charge is 0.146 e. The van der Waals surface area contributed by atoms with Crippen LogP contribution in [0.1, 0.15) is 11.3 Å². The number of hydrogen-bond donors (Lipinski definition) is 1. The number of halogens is 1. The molecule has 2 aromatic rings. The molecule has 1 N–H and O–H groups in total. The van der Waals surface area contributed by atoms with Crippen molar-refractivity contribution in [1.82, 2.24) is 10.3 Å². The Morgan fingerprint density at radius 2 is 1.87 bits per heavy atom. The Kier molecular flexibility index (Phi) is 6.51. The van der Waals surface area contributed by atoms with Crippen LogP contribution in [-0.4, -0.2) is 18.1 Å². The van der Waals surface area contributed by atoms with Crippen molar-refractivity contribution in [3.8, 4) is 0 Å². The standard InChI is InChI=1S/C19H22FN3/c1-3-11-23(12-4-2)19-13-16(8-9-18(19)20)14-21-15-17-7-5-6-10-22-17/h3-10,13,21H,1-2,11-12,14-15H2. The fourth-order valence-corrected chi connectivity index (χ4v) is 2.33. The predicted molar refractivity (Wildman–Crippen MR) is 93.8 cm³/mol. The van der Waals surface area contributed by atoms with E-state index in [-0.39, 0.29) is 5.82 Å². The van der Waals surface area contributed by atoms with Crippen LogP contribution in [0, 0.1) is 5.82 Å². The van der Waals surface area contributed by atoms with E-state index in [1.165, 1.54) is 6.07 Å². The molecule has 0 unspecified atom stereocenters. The molecule has 0 amide bonds. The zero-order valence-electron chi connectivity index (χ0n) is 13.2. The van der Waals surface area contributed by atoms with Crippen LogP contribution in [0.25, 0.3) is 0 Å². The first-order valence-corrected chi connectivity index (χ1v) is 7.60. The minimum absolute atomic E-state index is 0.234. The average molecular weight is 311 g/mol. The van der Waals surface area contributed by atoms with E-state index in [0.29, 0.717) is 31.9 Å². The molecule has 0 aliphatic heterocycles. The second-order valence-corrected chi connectivity index (χ2v) is 5.19. The van der Waals surface area contributed by atoms with E-state index in [4.69, 9.17) is 0 Å². The summed E-state index contributed by atoms with van der Waals surface area (Å²) in [6, 6.07) is 11.0. The molecule has 0 saturated heterocycles. The van der Waals surface area contributed by atoms with Crippen molar-refractivity contribution in [3.05, 3.63) is 85.0 Å². The summed E-state index contributed by atoms with van der Waals surface area (Å²) >= 11 is 0. The Morgan fingerprint density at radius 1 is 1.09 bits per heavy atom. The van der Waals surface area contributed by atoms with Gasteiger partial charge in [0.2, 0.25) is 0 Å². The van der Waals surface area contributed by atoms with Crippen molar-refractivity contribution < 1.29 is 4.39 Å². The third-order valence-corrected chi connectivity index (χ3v) is 3.41. The van der Waals surface area contributed by atoms with Gasteiger partial charge in [-0.25, -0.2) is 4.39 Å². The molecule has 1 aromatic heterocycles. The lowest BCUT2D eigenvalue weighted by Gasteiger charge is -2.23. The highest BCUT2D eigenvalue weighted by Crippen LogP contribution is 2.21. The third kappa shape index (κ3) is 5.04. The van der Waals surface area contributed by atoms with Gasteiger partial charge in [0, 0.05) is 32.4 Å². The van der Waals surface area contributed by atoms with Gasteiger partial charge in [-0.1, -0.05) is 24.3 Å². The summed E-state index contributed by atoms with van der Waals surface area (Å²) in [4.78, 5) is 6.17. The maximum atomic E-state index is 14.1. The Hall–Kier alpha value is -2.46. The number of anilines is 1. The molecule has 3 nitrogen and oxygen atoms in total. The van der Waals surface area contributed by atoms with Crippen molar-refractivity contribution >= 4 is 5.69 Å². The van der Waals surface area contributed by atoms with Crippen LogP contribution in [0.2, 0.25) is 0 Å². The Bertz CT molecular complexity index is 630. The van der Waals surface area contributed by atoms with Crippen molar-refractivity contribution in [3.63, 3.8) is 0 Å². The number of hydrogen-bond acceptors (Lipinski definition) is 3. The van der Waals surface area contributed by atoms with Crippen LogP contribution < -0.4 is 10.2 Å². The van der Waals surface area contributed by atoms with Gasteiger partial charge in [-0.3, -0.25) is 4.98 Å². The van der Waals surface area contributed by atoms with Crippen LogP contribution in [0.5, 0.6) is 0 Å². The number of nitrogens with one attached hydrogen (secondary N) is 1. The van der Waals surface area contributed by atoms with Gasteiger partial charge in [0.1, 0.15) is 5.82 Å². The highest BCUT2D eigenvalue weighted by Gasteiger charge is 2.10. The molecule has 23 heavy (non-hydrogen) atoms.